The molecule has 3 rings (SSSR count). The zero-order chi connectivity index (χ0) is 17.8. The molecule has 1 heterocycles. The normalized spacial score (nSPS) is 12.0. The minimum atomic E-state index is -0.386. The number of halogens is 2. The quantitative estimate of drug-likeness (QED) is 0.760. The van der Waals surface area contributed by atoms with Crippen molar-refractivity contribution in [2.45, 2.75) is 19.5 Å². The number of benzene rings is 2. The molecule has 0 bridgehead atoms. The van der Waals surface area contributed by atoms with Crippen LogP contribution in [0.4, 0.5) is 4.39 Å². The van der Waals surface area contributed by atoms with E-state index in [-0.39, 0.29) is 30.1 Å². The summed E-state index contributed by atoms with van der Waals surface area (Å²) >= 11 is 5.85. The third kappa shape index (κ3) is 4.39. The third-order valence-corrected chi connectivity index (χ3v) is 3.82. The molecule has 3 aromatic rings. The summed E-state index contributed by atoms with van der Waals surface area (Å²) in [6.07, 6.45) is 0. The summed E-state index contributed by atoms with van der Waals surface area (Å²) in [5, 5.41) is 15.3. The second kappa shape index (κ2) is 7.40. The van der Waals surface area contributed by atoms with Crippen molar-refractivity contribution < 1.29 is 9.18 Å². The Balaban J connectivity index is 1.62. The van der Waals surface area contributed by atoms with E-state index in [0.29, 0.717) is 10.6 Å². The first-order valence-corrected chi connectivity index (χ1v) is 7.97. The first-order valence-electron chi connectivity index (χ1n) is 7.60. The predicted molar refractivity (Wildman–Crippen MR) is 91.2 cm³/mol. The molecule has 0 unspecified atom stereocenters. The van der Waals surface area contributed by atoms with E-state index in [9.17, 15) is 9.18 Å². The lowest BCUT2D eigenvalue weighted by Crippen LogP contribution is -2.30. The van der Waals surface area contributed by atoms with Crippen LogP contribution in [0.15, 0.2) is 48.5 Å². The van der Waals surface area contributed by atoms with Crippen molar-refractivity contribution in [3.05, 3.63) is 64.9 Å². The van der Waals surface area contributed by atoms with Gasteiger partial charge in [-0.2, -0.15) is 4.80 Å². The number of hydrogen-bond acceptors (Lipinski definition) is 4. The number of amides is 1. The van der Waals surface area contributed by atoms with Gasteiger partial charge in [-0.15, -0.1) is 10.2 Å². The van der Waals surface area contributed by atoms with Crippen LogP contribution in [0.3, 0.4) is 0 Å². The highest BCUT2D eigenvalue weighted by atomic mass is 35.5. The van der Waals surface area contributed by atoms with E-state index in [1.165, 1.54) is 16.9 Å². The largest absolute Gasteiger partial charge is 0.348 e. The summed E-state index contributed by atoms with van der Waals surface area (Å²) in [5.74, 6) is -0.382. The van der Waals surface area contributed by atoms with Crippen molar-refractivity contribution in [1.29, 1.82) is 0 Å². The monoisotopic (exact) mass is 359 g/mol. The molecule has 6 nitrogen and oxygen atoms in total. The van der Waals surface area contributed by atoms with Gasteiger partial charge < -0.3 is 5.32 Å². The molecule has 128 valence electrons. The summed E-state index contributed by atoms with van der Waals surface area (Å²) < 4.78 is 13.2. The van der Waals surface area contributed by atoms with Crippen LogP contribution < -0.4 is 5.32 Å². The maximum absolute atomic E-state index is 13.2. The van der Waals surface area contributed by atoms with Crippen LogP contribution in [0.5, 0.6) is 0 Å². The van der Waals surface area contributed by atoms with Crippen LogP contribution in [0, 0.1) is 5.82 Å². The molecule has 0 saturated heterocycles. The Hall–Kier alpha value is -2.80. The van der Waals surface area contributed by atoms with Crippen molar-refractivity contribution in [3.8, 4) is 11.4 Å². The molecular formula is C17H15ClFN5O. The predicted octanol–water partition coefficient (Wildman–Crippen LogP) is 3.01. The van der Waals surface area contributed by atoms with Crippen molar-refractivity contribution in [2.24, 2.45) is 0 Å². The highest BCUT2D eigenvalue weighted by molar-refractivity contribution is 6.30. The molecule has 1 N–H and O–H groups in total. The summed E-state index contributed by atoms with van der Waals surface area (Å²) in [7, 11) is 0. The molecule has 0 aliphatic heterocycles. The van der Waals surface area contributed by atoms with E-state index < -0.39 is 0 Å². The van der Waals surface area contributed by atoms with Crippen LogP contribution in [0.1, 0.15) is 18.5 Å². The van der Waals surface area contributed by atoms with Crippen LogP contribution in [-0.4, -0.2) is 26.1 Å². The molecule has 0 radical (unpaired) electrons. The second-order valence-electron chi connectivity index (χ2n) is 5.49. The molecule has 1 amide bonds. The lowest BCUT2D eigenvalue weighted by molar-refractivity contribution is -0.122. The fourth-order valence-corrected chi connectivity index (χ4v) is 2.43. The molecule has 0 aliphatic carbocycles. The van der Waals surface area contributed by atoms with Gasteiger partial charge in [0.15, 0.2) is 0 Å². The average Bonchev–Trinajstić information content (AvgIpc) is 3.03. The summed E-state index contributed by atoms with van der Waals surface area (Å²) in [5.41, 5.74) is 1.44. The Morgan fingerprint density at radius 2 is 2.04 bits per heavy atom. The Morgan fingerprint density at radius 1 is 1.28 bits per heavy atom. The molecule has 0 fully saturated rings. The Morgan fingerprint density at radius 3 is 2.76 bits per heavy atom. The molecule has 25 heavy (non-hydrogen) atoms. The summed E-state index contributed by atoms with van der Waals surface area (Å²) in [4.78, 5) is 13.3. The van der Waals surface area contributed by atoms with Crippen LogP contribution in [-0.2, 0) is 11.3 Å². The van der Waals surface area contributed by atoms with Crippen molar-refractivity contribution in [1.82, 2.24) is 25.5 Å². The average molecular weight is 360 g/mol. The van der Waals surface area contributed by atoms with E-state index in [1.54, 1.807) is 24.3 Å². The van der Waals surface area contributed by atoms with E-state index in [0.717, 1.165) is 5.56 Å². The Kier molecular flexibility index (Phi) is 5.04. The van der Waals surface area contributed by atoms with Crippen molar-refractivity contribution in [3.63, 3.8) is 0 Å². The van der Waals surface area contributed by atoms with Gasteiger partial charge in [0.2, 0.25) is 11.7 Å². The van der Waals surface area contributed by atoms with Gasteiger partial charge in [-0.25, -0.2) is 4.39 Å². The van der Waals surface area contributed by atoms with Crippen LogP contribution >= 0.6 is 11.6 Å². The van der Waals surface area contributed by atoms with Gasteiger partial charge >= 0.3 is 0 Å². The maximum Gasteiger partial charge on any atom is 0.244 e. The molecule has 0 spiro atoms. The molecular weight excluding hydrogens is 345 g/mol. The van der Waals surface area contributed by atoms with Crippen LogP contribution in [0.2, 0.25) is 5.02 Å². The number of tetrazole rings is 1. The number of carbonyl (C=O) groups is 1. The zero-order valence-corrected chi connectivity index (χ0v) is 14.1. The minimum absolute atomic E-state index is 0.0831. The highest BCUT2D eigenvalue weighted by Gasteiger charge is 2.13. The fraction of sp³-hybridized carbons (Fsp3) is 0.176. The van der Waals surface area contributed by atoms with Crippen LogP contribution in [0.25, 0.3) is 11.4 Å². The topological polar surface area (TPSA) is 72.7 Å². The van der Waals surface area contributed by atoms with E-state index in [1.807, 2.05) is 19.1 Å². The van der Waals surface area contributed by atoms with E-state index >= 15 is 0 Å². The van der Waals surface area contributed by atoms with Gasteiger partial charge in [0.1, 0.15) is 12.4 Å². The summed E-state index contributed by atoms with van der Waals surface area (Å²) in [6, 6.07) is 12.9. The number of nitrogens with one attached hydrogen (secondary N) is 1. The summed E-state index contributed by atoms with van der Waals surface area (Å²) in [6.45, 7) is 1.79. The molecule has 1 aromatic heterocycles. The lowest BCUT2D eigenvalue weighted by atomic mass is 10.1. The van der Waals surface area contributed by atoms with Gasteiger partial charge in [0.25, 0.3) is 0 Å². The molecule has 1 atom stereocenters. The molecule has 0 aliphatic rings. The SMILES string of the molecule is C[C@H](NC(=O)Cn1nnc(-c2cccc(F)c2)n1)c1ccc(Cl)cc1. The Labute approximate surface area is 148 Å². The lowest BCUT2D eigenvalue weighted by Gasteiger charge is -2.14. The van der Waals surface area contributed by atoms with Crippen molar-refractivity contribution >= 4 is 17.5 Å². The highest BCUT2D eigenvalue weighted by Crippen LogP contribution is 2.16. The molecule has 0 saturated carbocycles. The number of hydrogen-bond donors (Lipinski definition) is 1. The van der Waals surface area contributed by atoms with Gasteiger partial charge in [-0.3, -0.25) is 4.79 Å². The van der Waals surface area contributed by atoms with Gasteiger partial charge in [0, 0.05) is 10.6 Å². The number of aromatic nitrogens is 4. The molecule has 8 heteroatoms. The second-order valence-corrected chi connectivity index (χ2v) is 5.93. The first kappa shape index (κ1) is 17.0. The number of rotatable bonds is 5. The molecule has 2 aromatic carbocycles. The van der Waals surface area contributed by atoms with Gasteiger partial charge in [0.05, 0.1) is 6.04 Å². The fourth-order valence-electron chi connectivity index (χ4n) is 2.30. The standard InChI is InChI=1S/C17H15ClFN5O/c1-11(12-5-7-14(18)8-6-12)20-16(25)10-24-22-17(21-23-24)13-3-2-4-15(19)9-13/h2-9,11H,10H2,1H3,(H,20,25)/t11-/m0/s1. The van der Waals surface area contributed by atoms with Crippen molar-refractivity contribution in [2.75, 3.05) is 0 Å². The smallest absolute Gasteiger partial charge is 0.244 e. The first-order chi connectivity index (χ1) is 12.0. The minimum Gasteiger partial charge on any atom is -0.348 e. The number of carbonyl (C=O) groups excluding carboxylic acids is 1. The van der Waals surface area contributed by atoms with E-state index in [2.05, 4.69) is 20.7 Å². The van der Waals surface area contributed by atoms with E-state index in [4.69, 9.17) is 11.6 Å². The van der Waals surface area contributed by atoms with Gasteiger partial charge in [-0.05, 0) is 42.0 Å². The maximum atomic E-state index is 13.2. The van der Waals surface area contributed by atoms with Gasteiger partial charge in [-0.1, -0.05) is 35.9 Å². The third-order valence-electron chi connectivity index (χ3n) is 3.57. The number of nitrogens with zero attached hydrogens (tertiary/aromatic N) is 4. The zero-order valence-electron chi connectivity index (χ0n) is 13.4. The Bertz CT molecular complexity index is 881.